The molecule has 0 bridgehead atoms. The Bertz CT molecular complexity index is 207. The number of hydrogen-bond acceptors (Lipinski definition) is 2. The van der Waals surface area contributed by atoms with Gasteiger partial charge in [-0.3, -0.25) is 0 Å². The Labute approximate surface area is 92.6 Å². The molecule has 2 heteroatoms. The molecule has 0 unspecified atom stereocenters. The fraction of sp³-hybridized carbons (Fsp3) is 0.846. The zero-order valence-corrected chi connectivity index (χ0v) is 9.65. The summed E-state index contributed by atoms with van der Waals surface area (Å²) in [5, 5.41) is 0. The first-order valence-electron chi connectivity index (χ1n) is 6.21. The molecular weight excluding hydrogens is 188 g/mol. The van der Waals surface area contributed by atoms with E-state index < -0.39 is 0 Å². The van der Waals surface area contributed by atoms with Gasteiger partial charge in [0.25, 0.3) is 0 Å². The molecule has 1 saturated carbocycles. The summed E-state index contributed by atoms with van der Waals surface area (Å²) in [4.78, 5) is 0. The van der Waals surface area contributed by atoms with Crippen LogP contribution in [0, 0.1) is 5.92 Å². The Morgan fingerprint density at radius 1 is 1.27 bits per heavy atom. The van der Waals surface area contributed by atoms with Crippen LogP contribution in [0.15, 0.2) is 12.2 Å². The molecular formula is C13H22O2. The van der Waals surface area contributed by atoms with E-state index in [0.717, 1.165) is 12.3 Å². The van der Waals surface area contributed by atoms with Gasteiger partial charge in [0, 0.05) is 7.11 Å². The Balaban J connectivity index is 1.85. The second-order valence-corrected chi connectivity index (χ2v) is 4.73. The van der Waals surface area contributed by atoms with E-state index >= 15 is 0 Å². The second kappa shape index (κ2) is 5.66. The summed E-state index contributed by atoms with van der Waals surface area (Å²) in [6.07, 6.45) is 13.1. The first-order chi connectivity index (χ1) is 7.40. The molecule has 1 heterocycles. The van der Waals surface area contributed by atoms with E-state index in [9.17, 15) is 0 Å². The van der Waals surface area contributed by atoms with E-state index in [4.69, 9.17) is 9.47 Å². The van der Waals surface area contributed by atoms with E-state index in [1.54, 1.807) is 7.11 Å². The van der Waals surface area contributed by atoms with E-state index in [-0.39, 0.29) is 6.10 Å². The van der Waals surface area contributed by atoms with Crippen molar-refractivity contribution in [3.63, 3.8) is 0 Å². The lowest BCUT2D eigenvalue weighted by Crippen LogP contribution is -2.33. The van der Waals surface area contributed by atoms with Crippen molar-refractivity contribution in [1.29, 1.82) is 0 Å². The molecule has 2 atom stereocenters. The third-order valence-electron chi connectivity index (χ3n) is 3.58. The average molecular weight is 210 g/mol. The quantitative estimate of drug-likeness (QED) is 0.667. The van der Waals surface area contributed by atoms with Gasteiger partial charge in [-0.2, -0.15) is 0 Å². The summed E-state index contributed by atoms with van der Waals surface area (Å²) in [5.41, 5.74) is 0. The molecule has 15 heavy (non-hydrogen) atoms. The van der Waals surface area contributed by atoms with Crippen molar-refractivity contribution >= 4 is 0 Å². The van der Waals surface area contributed by atoms with Crippen molar-refractivity contribution in [2.45, 2.75) is 50.7 Å². The minimum Gasteiger partial charge on any atom is -0.382 e. The molecule has 0 aromatic carbocycles. The molecule has 1 fully saturated rings. The van der Waals surface area contributed by atoms with Crippen molar-refractivity contribution in [2.24, 2.45) is 5.92 Å². The van der Waals surface area contributed by atoms with Crippen LogP contribution in [-0.2, 0) is 9.47 Å². The van der Waals surface area contributed by atoms with Gasteiger partial charge < -0.3 is 9.47 Å². The van der Waals surface area contributed by atoms with Crippen molar-refractivity contribution < 1.29 is 9.47 Å². The summed E-state index contributed by atoms with van der Waals surface area (Å²) in [6, 6.07) is 0. The molecule has 1 aliphatic carbocycles. The highest BCUT2D eigenvalue weighted by Gasteiger charge is 2.27. The van der Waals surface area contributed by atoms with Gasteiger partial charge in [0.1, 0.15) is 0 Å². The molecule has 0 N–H and O–H groups in total. The van der Waals surface area contributed by atoms with Crippen LogP contribution in [-0.4, -0.2) is 25.9 Å². The zero-order chi connectivity index (χ0) is 10.5. The summed E-state index contributed by atoms with van der Waals surface area (Å²) < 4.78 is 11.2. The van der Waals surface area contributed by atoms with Crippen LogP contribution in [0.4, 0.5) is 0 Å². The highest BCUT2D eigenvalue weighted by Crippen LogP contribution is 2.31. The molecule has 2 nitrogen and oxygen atoms in total. The standard InChI is InChI=1S/C13H22O2/c1-14-10-12-8-5-9-13(15-12)11-6-3-2-4-7-11/h5,8,11-13H,2-4,6-7,9-10H2,1H3/t12-,13-/m1/s1. The lowest BCUT2D eigenvalue weighted by atomic mass is 9.83. The van der Waals surface area contributed by atoms with Crippen LogP contribution in [0.1, 0.15) is 38.5 Å². The predicted octanol–water partition coefficient (Wildman–Crippen LogP) is 2.93. The highest BCUT2D eigenvalue weighted by molar-refractivity contribution is 4.98. The number of ether oxygens (including phenoxy) is 2. The molecule has 0 saturated heterocycles. The van der Waals surface area contributed by atoms with Gasteiger partial charge >= 0.3 is 0 Å². The van der Waals surface area contributed by atoms with Crippen LogP contribution in [0.25, 0.3) is 0 Å². The third kappa shape index (κ3) is 3.05. The lowest BCUT2D eigenvalue weighted by Gasteiger charge is -2.34. The Morgan fingerprint density at radius 2 is 2.07 bits per heavy atom. The third-order valence-corrected chi connectivity index (χ3v) is 3.58. The largest absolute Gasteiger partial charge is 0.382 e. The van der Waals surface area contributed by atoms with Crippen molar-refractivity contribution in [1.82, 2.24) is 0 Å². The topological polar surface area (TPSA) is 18.5 Å². The van der Waals surface area contributed by atoms with Gasteiger partial charge in [-0.05, 0) is 25.2 Å². The van der Waals surface area contributed by atoms with E-state index in [2.05, 4.69) is 12.2 Å². The smallest absolute Gasteiger partial charge is 0.0993 e. The minimum atomic E-state index is 0.190. The molecule has 2 aliphatic rings. The molecule has 1 aliphatic heterocycles. The second-order valence-electron chi connectivity index (χ2n) is 4.73. The maximum atomic E-state index is 6.05. The molecule has 0 spiro atoms. The summed E-state index contributed by atoms with van der Waals surface area (Å²) in [5.74, 6) is 0.794. The van der Waals surface area contributed by atoms with Gasteiger partial charge in [0.15, 0.2) is 0 Å². The van der Waals surface area contributed by atoms with E-state index in [1.807, 2.05) is 0 Å². The van der Waals surface area contributed by atoms with Gasteiger partial charge in [0.05, 0.1) is 18.8 Å². The Kier molecular flexibility index (Phi) is 4.21. The molecule has 0 radical (unpaired) electrons. The van der Waals surface area contributed by atoms with Gasteiger partial charge in [0.2, 0.25) is 0 Å². The van der Waals surface area contributed by atoms with Crippen LogP contribution < -0.4 is 0 Å². The molecule has 0 aromatic heterocycles. The molecule has 0 amide bonds. The Hall–Kier alpha value is -0.340. The van der Waals surface area contributed by atoms with Gasteiger partial charge in [-0.15, -0.1) is 0 Å². The molecule has 0 aromatic rings. The summed E-state index contributed by atoms with van der Waals surface area (Å²) in [6.45, 7) is 0.694. The maximum Gasteiger partial charge on any atom is 0.0993 e. The van der Waals surface area contributed by atoms with Crippen molar-refractivity contribution in [3.05, 3.63) is 12.2 Å². The van der Waals surface area contributed by atoms with Crippen molar-refractivity contribution in [3.8, 4) is 0 Å². The zero-order valence-electron chi connectivity index (χ0n) is 9.65. The first-order valence-corrected chi connectivity index (χ1v) is 6.21. The first kappa shape index (κ1) is 11.2. The fourth-order valence-electron chi connectivity index (χ4n) is 2.76. The monoisotopic (exact) mass is 210 g/mol. The highest BCUT2D eigenvalue weighted by atomic mass is 16.5. The van der Waals surface area contributed by atoms with Crippen LogP contribution in [0.2, 0.25) is 0 Å². The predicted molar refractivity (Wildman–Crippen MR) is 60.9 cm³/mol. The fourth-order valence-corrected chi connectivity index (χ4v) is 2.76. The SMILES string of the molecule is COC[C@H]1C=CC[C@H](C2CCCCC2)O1. The number of methoxy groups -OCH3 is 1. The van der Waals surface area contributed by atoms with Crippen LogP contribution in [0.5, 0.6) is 0 Å². The summed E-state index contributed by atoms with van der Waals surface area (Å²) in [7, 11) is 1.74. The summed E-state index contributed by atoms with van der Waals surface area (Å²) >= 11 is 0. The van der Waals surface area contributed by atoms with Crippen LogP contribution >= 0.6 is 0 Å². The van der Waals surface area contributed by atoms with Crippen LogP contribution in [0.3, 0.4) is 0 Å². The number of rotatable bonds is 3. The molecule has 2 rings (SSSR count). The Morgan fingerprint density at radius 3 is 2.80 bits per heavy atom. The maximum absolute atomic E-state index is 6.05. The molecule has 86 valence electrons. The number of hydrogen-bond donors (Lipinski definition) is 0. The minimum absolute atomic E-state index is 0.190. The van der Waals surface area contributed by atoms with Crippen molar-refractivity contribution in [2.75, 3.05) is 13.7 Å². The lowest BCUT2D eigenvalue weighted by molar-refractivity contribution is -0.0616. The van der Waals surface area contributed by atoms with Gasteiger partial charge in [-0.1, -0.05) is 31.4 Å². The van der Waals surface area contributed by atoms with E-state index in [0.29, 0.717) is 12.7 Å². The normalized spacial score (nSPS) is 33.1. The average Bonchev–Trinajstić information content (AvgIpc) is 2.31. The van der Waals surface area contributed by atoms with Gasteiger partial charge in [-0.25, -0.2) is 0 Å². The van der Waals surface area contributed by atoms with E-state index in [1.165, 1.54) is 32.1 Å².